The minimum absolute atomic E-state index is 0.0795. The second-order valence-corrected chi connectivity index (χ2v) is 14.4. The highest BCUT2D eigenvalue weighted by Crippen LogP contribution is 2.59. The smallest absolute Gasteiger partial charge is 0.313 e. The molecule has 0 aromatic heterocycles. The van der Waals surface area contributed by atoms with Crippen LogP contribution >= 0.6 is 0 Å². The first-order chi connectivity index (χ1) is 23.4. The molecule has 1 aromatic carbocycles. The van der Waals surface area contributed by atoms with E-state index in [9.17, 15) is 24.3 Å². The van der Waals surface area contributed by atoms with Crippen molar-refractivity contribution in [3.63, 3.8) is 0 Å². The Morgan fingerprint density at radius 3 is 2.49 bits per heavy atom. The zero-order chi connectivity index (χ0) is 35.8. The van der Waals surface area contributed by atoms with E-state index >= 15 is 0 Å². The molecule has 49 heavy (non-hydrogen) atoms. The van der Waals surface area contributed by atoms with Crippen molar-refractivity contribution >= 4 is 23.7 Å². The van der Waals surface area contributed by atoms with Gasteiger partial charge in [0.25, 0.3) is 0 Å². The summed E-state index contributed by atoms with van der Waals surface area (Å²) in [7, 11) is 1.51. The number of rotatable bonds is 19. The van der Waals surface area contributed by atoms with Gasteiger partial charge in [-0.15, -0.1) is 13.2 Å². The molecular weight excluding hydrogens is 626 g/mol. The molecule has 7 atom stereocenters. The summed E-state index contributed by atoms with van der Waals surface area (Å²) in [6.45, 7) is 14.2. The van der Waals surface area contributed by atoms with Gasteiger partial charge in [0.05, 0.1) is 30.6 Å². The van der Waals surface area contributed by atoms with Crippen molar-refractivity contribution in [1.29, 1.82) is 0 Å². The molecule has 3 saturated heterocycles. The van der Waals surface area contributed by atoms with E-state index < -0.39 is 53.2 Å². The fourth-order valence-corrected chi connectivity index (χ4v) is 7.78. The van der Waals surface area contributed by atoms with Crippen molar-refractivity contribution in [3.8, 4) is 0 Å². The number of amides is 3. The number of aliphatic hydroxyl groups is 1. The van der Waals surface area contributed by atoms with Crippen LogP contribution in [0.15, 0.2) is 55.6 Å². The van der Waals surface area contributed by atoms with Gasteiger partial charge in [-0.2, -0.15) is 0 Å². The molecule has 3 heterocycles. The van der Waals surface area contributed by atoms with E-state index in [4.69, 9.17) is 14.2 Å². The zero-order valence-electron chi connectivity index (χ0n) is 29.6. The van der Waals surface area contributed by atoms with Crippen LogP contribution in [0.3, 0.4) is 0 Å². The molecule has 1 spiro atoms. The largest absolute Gasteiger partial charge is 0.455 e. The van der Waals surface area contributed by atoms with E-state index in [0.717, 1.165) is 12.8 Å². The minimum atomic E-state index is -1.18. The molecule has 2 N–H and O–H groups in total. The summed E-state index contributed by atoms with van der Waals surface area (Å²) in [5.41, 5.74) is -1.06. The van der Waals surface area contributed by atoms with E-state index in [1.807, 2.05) is 51.1 Å². The maximum Gasteiger partial charge on any atom is 0.313 e. The second kappa shape index (κ2) is 16.9. The number of carbonyl (C=O) groups excluding carboxylic acids is 4. The molecule has 4 rings (SSSR count). The van der Waals surface area contributed by atoms with Crippen LogP contribution in [-0.4, -0.2) is 101 Å². The van der Waals surface area contributed by atoms with Crippen LogP contribution in [0.2, 0.25) is 0 Å². The van der Waals surface area contributed by atoms with Gasteiger partial charge in [-0.25, -0.2) is 0 Å². The molecule has 3 aliphatic heterocycles. The quantitative estimate of drug-likeness (QED) is 0.127. The van der Waals surface area contributed by atoms with Gasteiger partial charge in [-0.3, -0.25) is 19.2 Å². The van der Waals surface area contributed by atoms with Gasteiger partial charge in [0.1, 0.15) is 17.7 Å². The Morgan fingerprint density at radius 1 is 1.14 bits per heavy atom. The highest BCUT2D eigenvalue weighted by molar-refractivity contribution is 5.98. The number of allylic oxidation sites excluding steroid dienone is 1. The summed E-state index contributed by atoms with van der Waals surface area (Å²) in [4.78, 5) is 59.7. The van der Waals surface area contributed by atoms with E-state index in [1.54, 1.807) is 22.0 Å². The highest BCUT2D eigenvalue weighted by Gasteiger charge is 2.75. The minimum Gasteiger partial charge on any atom is -0.455 e. The van der Waals surface area contributed by atoms with Crippen molar-refractivity contribution < 1.29 is 38.5 Å². The lowest BCUT2D eigenvalue weighted by Crippen LogP contribution is -2.59. The molecule has 3 aliphatic rings. The third-order valence-electron chi connectivity index (χ3n) is 10.0. The maximum atomic E-state index is 14.6. The lowest BCUT2D eigenvalue weighted by Gasteiger charge is -2.42. The van der Waals surface area contributed by atoms with Crippen molar-refractivity contribution in [3.05, 3.63) is 61.2 Å². The van der Waals surface area contributed by atoms with Crippen molar-refractivity contribution in [1.82, 2.24) is 15.1 Å². The molecule has 11 nitrogen and oxygen atoms in total. The molecule has 3 fully saturated rings. The Balaban J connectivity index is 1.68. The molecule has 11 heteroatoms. The van der Waals surface area contributed by atoms with E-state index in [0.29, 0.717) is 50.8 Å². The lowest BCUT2D eigenvalue weighted by atomic mass is 9.70. The SMILES string of the molecule is C=CCCC(=O)N[C@@H](COC)[C@@H](OC(=O)[C@@H]1[C@H]2C(=O)N(CCCCCCO)[C@H](C(=O)N(CC=C)C(C)(C)C)[C@]23CC[C@H]1O3)c1ccccc1. The molecule has 0 unspecified atom stereocenters. The lowest BCUT2D eigenvalue weighted by molar-refractivity contribution is -0.163. The van der Waals surface area contributed by atoms with Gasteiger partial charge < -0.3 is 34.4 Å². The van der Waals surface area contributed by atoms with Crippen molar-refractivity contribution in [2.24, 2.45) is 11.8 Å². The van der Waals surface area contributed by atoms with Crippen LogP contribution in [0.4, 0.5) is 0 Å². The molecule has 0 radical (unpaired) electrons. The zero-order valence-corrected chi connectivity index (χ0v) is 29.6. The van der Waals surface area contributed by atoms with Gasteiger partial charge in [0, 0.05) is 38.8 Å². The molecule has 270 valence electrons. The predicted octanol–water partition coefficient (Wildman–Crippen LogP) is 4.11. The third-order valence-corrected chi connectivity index (χ3v) is 10.0. The first-order valence-corrected chi connectivity index (χ1v) is 17.6. The Morgan fingerprint density at radius 2 is 1.86 bits per heavy atom. The first-order valence-electron chi connectivity index (χ1n) is 17.6. The number of ether oxygens (including phenoxy) is 3. The van der Waals surface area contributed by atoms with Crippen LogP contribution in [-0.2, 0) is 33.4 Å². The van der Waals surface area contributed by atoms with Gasteiger partial charge in [0.2, 0.25) is 17.7 Å². The summed E-state index contributed by atoms with van der Waals surface area (Å²) < 4.78 is 18.4. The Kier molecular flexibility index (Phi) is 13.2. The average Bonchev–Trinajstić information content (AvgIpc) is 3.71. The number of hydrogen-bond donors (Lipinski definition) is 2. The fraction of sp³-hybridized carbons (Fsp3) is 0.632. The fourth-order valence-electron chi connectivity index (χ4n) is 7.78. The van der Waals surface area contributed by atoms with E-state index in [2.05, 4.69) is 18.5 Å². The van der Waals surface area contributed by atoms with Crippen LogP contribution < -0.4 is 5.32 Å². The number of aliphatic hydroxyl groups excluding tert-OH is 1. The number of likely N-dealkylation sites (tertiary alicyclic amines) is 1. The van der Waals surface area contributed by atoms with Gasteiger partial charge in [-0.05, 0) is 58.4 Å². The number of carbonyl (C=O) groups is 4. The summed E-state index contributed by atoms with van der Waals surface area (Å²) in [6.07, 6.45) is 6.43. The topological polar surface area (TPSA) is 135 Å². The number of nitrogens with one attached hydrogen (secondary N) is 1. The average molecular weight is 682 g/mol. The molecule has 0 aliphatic carbocycles. The summed E-state index contributed by atoms with van der Waals surface area (Å²) in [5, 5.41) is 12.2. The normalized spacial score (nSPS) is 25.4. The Labute approximate surface area is 291 Å². The maximum absolute atomic E-state index is 14.6. The number of methoxy groups -OCH3 is 1. The van der Waals surface area contributed by atoms with Crippen LogP contribution in [0, 0.1) is 11.8 Å². The monoisotopic (exact) mass is 681 g/mol. The number of benzene rings is 1. The molecular formula is C38H55N3O8. The molecule has 1 aromatic rings. The van der Waals surface area contributed by atoms with Crippen LogP contribution in [0.5, 0.6) is 0 Å². The van der Waals surface area contributed by atoms with E-state index in [1.165, 1.54) is 7.11 Å². The van der Waals surface area contributed by atoms with Crippen LogP contribution in [0.25, 0.3) is 0 Å². The number of fused-ring (bicyclic) bond motifs is 1. The van der Waals surface area contributed by atoms with Crippen molar-refractivity contribution in [2.45, 2.75) is 108 Å². The van der Waals surface area contributed by atoms with Gasteiger partial charge >= 0.3 is 5.97 Å². The molecule has 2 bridgehead atoms. The number of unbranched alkanes of at least 4 members (excludes halogenated alkanes) is 3. The number of nitrogens with zero attached hydrogens (tertiary/aromatic N) is 2. The Bertz CT molecular complexity index is 1330. The van der Waals surface area contributed by atoms with Crippen molar-refractivity contribution in [2.75, 3.05) is 33.4 Å². The summed E-state index contributed by atoms with van der Waals surface area (Å²) >= 11 is 0. The standard InChI is InChI=1S/C38H55N3O8/c1-7-9-19-29(43)39-27(25-47-6)32(26-17-13-12-14-18-26)48-36(46)30-28-20-21-38(49-28)31(30)34(44)40(23-15-10-11-16-24-42)33(38)35(45)41(22-8-2)37(3,4)5/h7-8,12-14,17-18,27-28,30-33,42H,1-2,9-11,15-16,19-25H2,3-6H3,(H,39,43)/t27-,28+,30-,31-,32-,33+,38-/m0/s1. The van der Waals surface area contributed by atoms with Crippen LogP contribution in [0.1, 0.15) is 83.8 Å². The summed E-state index contributed by atoms with van der Waals surface area (Å²) in [6, 6.07) is 7.55. The number of hydrogen-bond acceptors (Lipinski definition) is 8. The van der Waals surface area contributed by atoms with Gasteiger partial charge in [-0.1, -0.05) is 55.3 Å². The second-order valence-electron chi connectivity index (χ2n) is 14.4. The van der Waals surface area contributed by atoms with E-state index in [-0.39, 0.29) is 37.4 Å². The number of esters is 1. The first kappa shape index (κ1) is 38.3. The third kappa shape index (κ3) is 8.27. The summed E-state index contributed by atoms with van der Waals surface area (Å²) in [5.74, 6) is -3.15. The highest BCUT2D eigenvalue weighted by atomic mass is 16.6. The molecule has 3 amide bonds. The van der Waals surface area contributed by atoms with Gasteiger partial charge in [0.15, 0.2) is 0 Å². The predicted molar refractivity (Wildman–Crippen MR) is 185 cm³/mol. The molecule has 0 saturated carbocycles. The Hall–Kier alpha value is -3.54.